The molecule has 0 N–H and O–H groups in total. The van der Waals surface area contributed by atoms with Crippen LogP contribution in [0.2, 0.25) is 0 Å². The number of ether oxygens (including phenoxy) is 3. The van der Waals surface area contributed by atoms with Crippen molar-refractivity contribution in [2.45, 2.75) is 32.4 Å². The summed E-state index contributed by atoms with van der Waals surface area (Å²) in [5.74, 6) is 1.58. The van der Waals surface area contributed by atoms with Gasteiger partial charge in [-0.1, -0.05) is 12.1 Å². The van der Waals surface area contributed by atoms with Crippen molar-refractivity contribution < 1.29 is 23.4 Å². The molecule has 0 radical (unpaired) electrons. The van der Waals surface area contributed by atoms with Crippen LogP contribution in [0.15, 0.2) is 66.7 Å². The van der Waals surface area contributed by atoms with Crippen LogP contribution in [0.25, 0.3) is 0 Å². The lowest BCUT2D eigenvalue weighted by molar-refractivity contribution is 0.0589. The molecule has 0 spiro atoms. The molecular weight excluding hydrogens is 421 g/mol. The molecule has 0 saturated carbocycles. The number of carbonyl (C=O) groups excluding carboxylic acids is 1. The van der Waals surface area contributed by atoms with Crippen molar-refractivity contribution in [3.05, 3.63) is 89.2 Å². The molecule has 0 saturated heterocycles. The van der Waals surface area contributed by atoms with Gasteiger partial charge in [-0.15, -0.1) is 0 Å². The summed E-state index contributed by atoms with van der Waals surface area (Å²) < 4.78 is 30.9. The largest absolute Gasteiger partial charge is 0.497 e. The van der Waals surface area contributed by atoms with Crippen molar-refractivity contribution in [2.75, 3.05) is 20.3 Å². The standard InChI is InChI=1S/C27H28FNO4/c1-18(2)33-24-11-12-25-19(16-24)13-14-29(27(30)20-5-4-6-21(28)15-20)26(25)17-32-23-9-7-22(31-3)8-10-23/h4-12,15-16,18,26H,13-14,17H2,1-3H3. The second-order valence-corrected chi connectivity index (χ2v) is 8.29. The summed E-state index contributed by atoms with van der Waals surface area (Å²) in [5.41, 5.74) is 2.46. The zero-order valence-electron chi connectivity index (χ0n) is 19.1. The van der Waals surface area contributed by atoms with E-state index in [0.717, 1.165) is 22.6 Å². The molecule has 0 bridgehead atoms. The first kappa shape index (κ1) is 22.6. The summed E-state index contributed by atoms with van der Waals surface area (Å²) in [5, 5.41) is 0. The molecular formula is C27H28FNO4. The fourth-order valence-electron chi connectivity index (χ4n) is 4.09. The topological polar surface area (TPSA) is 48.0 Å². The second kappa shape index (κ2) is 9.94. The van der Waals surface area contributed by atoms with Gasteiger partial charge in [-0.3, -0.25) is 4.79 Å². The van der Waals surface area contributed by atoms with E-state index < -0.39 is 5.82 Å². The molecule has 172 valence electrons. The molecule has 1 unspecified atom stereocenters. The fourth-order valence-corrected chi connectivity index (χ4v) is 4.09. The minimum Gasteiger partial charge on any atom is -0.497 e. The van der Waals surface area contributed by atoms with Gasteiger partial charge in [0.25, 0.3) is 5.91 Å². The number of carbonyl (C=O) groups is 1. The van der Waals surface area contributed by atoms with E-state index in [1.165, 1.54) is 12.1 Å². The molecule has 5 nitrogen and oxygen atoms in total. The van der Waals surface area contributed by atoms with Gasteiger partial charge in [-0.2, -0.15) is 0 Å². The maximum Gasteiger partial charge on any atom is 0.254 e. The van der Waals surface area contributed by atoms with Crippen LogP contribution in [0.3, 0.4) is 0 Å². The lowest BCUT2D eigenvalue weighted by Crippen LogP contribution is -2.42. The molecule has 0 aliphatic carbocycles. The first-order valence-corrected chi connectivity index (χ1v) is 11.1. The summed E-state index contributed by atoms with van der Waals surface area (Å²) in [6.45, 7) is 4.75. The summed E-state index contributed by atoms with van der Waals surface area (Å²) >= 11 is 0. The molecule has 0 fully saturated rings. The van der Waals surface area contributed by atoms with Gasteiger partial charge in [-0.05, 0) is 86.0 Å². The van der Waals surface area contributed by atoms with E-state index in [1.54, 1.807) is 24.1 Å². The summed E-state index contributed by atoms with van der Waals surface area (Å²) in [6.07, 6.45) is 0.761. The van der Waals surface area contributed by atoms with Crippen LogP contribution in [0.1, 0.15) is 41.4 Å². The second-order valence-electron chi connectivity index (χ2n) is 8.29. The Morgan fingerprint density at radius 1 is 1.03 bits per heavy atom. The van der Waals surface area contributed by atoms with E-state index in [0.29, 0.717) is 24.3 Å². The van der Waals surface area contributed by atoms with Gasteiger partial charge in [0.15, 0.2) is 0 Å². The summed E-state index contributed by atoms with van der Waals surface area (Å²) in [7, 11) is 1.61. The maximum absolute atomic E-state index is 13.8. The number of rotatable bonds is 7. The van der Waals surface area contributed by atoms with Crippen molar-refractivity contribution in [3.8, 4) is 17.2 Å². The summed E-state index contributed by atoms with van der Waals surface area (Å²) in [4.78, 5) is 15.1. The van der Waals surface area contributed by atoms with Gasteiger partial charge >= 0.3 is 0 Å². The van der Waals surface area contributed by atoms with Crippen molar-refractivity contribution in [2.24, 2.45) is 0 Å². The van der Waals surface area contributed by atoms with E-state index >= 15 is 0 Å². The molecule has 1 amide bonds. The Kier molecular flexibility index (Phi) is 6.82. The minimum atomic E-state index is -0.431. The fraction of sp³-hybridized carbons (Fsp3) is 0.296. The number of hydrogen-bond donors (Lipinski definition) is 0. The van der Waals surface area contributed by atoms with Gasteiger partial charge < -0.3 is 19.1 Å². The minimum absolute atomic E-state index is 0.0758. The maximum atomic E-state index is 13.8. The average Bonchev–Trinajstić information content (AvgIpc) is 2.81. The highest BCUT2D eigenvalue weighted by molar-refractivity contribution is 5.94. The first-order chi connectivity index (χ1) is 15.9. The smallest absolute Gasteiger partial charge is 0.254 e. The van der Waals surface area contributed by atoms with E-state index in [-0.39, 0.29) is 24.7 Å². The van der Waals surface area contributed by atoms with Gasteiger partial charge in [0.05, 0.1) is 19.3 Å². The lowest BCUT2D eigenvalue weighted by Gasteiger charge is -2.37. The molecule has 1 atom stereocenters. The third kappa shape index (κ3) is 5.28. The van der Waals surface area contributed by atoms with Crippen LogP contribution in [0, 0.1) is 5.82 Å². The van der Waals surface area contributed by atoms with Gasteiger partial charge in [0.1, 0.15) is 29.7 Å². The lowest BCUT2D eigenvalue weighted by atomic mass is 9.92. The SMILES string of the molecule is COc1ccc(OCC2c3ccc(OC(C)C)cc3CCN2C(=O)c2cccc(F)c2)cc1. The average molecular weight is 450 g/mol. The normalized spacial score (nSPS) is 15.2. The molecule has 1 aliphatic heterocycles. The monoisotopic (exact) mass is 449 g/mol. The van der Waals surface area contributed by atoms with E-state index in [9.17, 15) is 9.18 Å². The Hall–Kier alpha value is -3.54. The van der Waals surface area contributed by atoms with Gasteiger partial charge in [0, 0.05) is 12.1 Å². The number of benzene rings is 3. The number of fused-ring (bicyclic) bond motifs is 1. The van der Waals surface area contributed by atoms with Crippen LogP contribution >= 0.6 is 0 Å². The molecule has 3 aromatic carbocycles. The molecule has 1 aliphatic rings. The van der Waals surface area contributed by atoms with Gasteiger partial charge in [0.2, 0.25) is 0 Å². The number of halogens is 1. The Labute approximate surface area is 193 Å². The molecule has 4 rings (SSSR count). The number of amides is 1. The van der Waals surface area contributed by atoms with E-state index in [2.05, 4.69) is 0 Å². The number of nitrogens with zero attached hydrogens (tertiary/aromatic N) is 1. The highest BCUT2D eigenvalue weighted by atomic mass is 19.1. The molecule has 6 heteroatoms. The van der Waals surface area contributed by atoms with E-state index in [4.69, 9.17) is 14.2 Å². The predicted octanol–water partition coefficient (Wildman–Crippen LogP) is 5.44. The van der Waals surface area contributed by atoms with Crippen LogP contribution in [0.5, 0.6) is 17.2 Å². The van der Waals surface area contributed by atoms with Crippen LogP contribution < -0.4 is 14.2 Å². The van der Waals surface area contributed by atoms with Gasteiger partial charge in [-0.25, -0.2) is 4.39 Å². The number of hydrogen-bond acceptors (Lipinski definition) is 4. The van der Waals surface area contributed by atoms with Crippen LogP contribution in [-0.4, -0.2) is 37.2 Å². The Bertz CT molecular complexity index is 1110. The highest BCUT2D eigenvalue weighted by Crippen LogP contribution is 2.34. The highest BCUT2D eigenvalue weighted by Gasteiger charge is 2.32. The van der Waals surface area contributed by atoms with E-state index in [1.807, 2.05) is 56.3 Å². The Balaban J connectivity index is 1.63. The van der Waals surface area contributed by atoms with Crippen molar-refractivity contribution >= 4 is 5.91 Å². The molecule has 3 aromatic rings. The third-order valence-corrected chi connectivity index (χ3v) is 5.64. The Morgan fingerprint density at radius 2 is 1.76 bits per heavy atom. The quantitative estimate of drug-likeness (QED) is 0.482. The molecule has 0 aromatic heterocycles. The zero-order valence-corrected chi connectivity index (χ0v) is 19.1. The first-order valence-electron chi connectivity index (χ1n) is 11.1. The summed E-state index contributed by atoms with van der Waals surface area (Å²) in [6, 6.07) is 18.8. The van der Waals surface area contributed by atoms with Crippen molar-refractivity contribution in [1.82, 2.24) is 4.90 Å². The van der Waals surface area contributed by atoms with Crippen LogP contribution in [0.4, 0.5) is 4.39 Å². The molecule has 33 heavy (non-hydrogen) atoms. The predicted molar refractivity (Wildman–Crippen MR) is 125 cm³/mol. The zero-order chi connectivity index (χ0) is 23.4. The number of methoxy groups -OCH3 is 1. The molecule has 1 heterocycles. The van der Waals surface area contributed by atoms with Crippen molar-refractivity contribution in [3.63, 3.8) is 0 Å². The van der Waals surface area contributed by atoms with Crippen LogP contribution in [-0.2, 0) is 6.42 Å². The third-order valence-electron chi connectivity index (χ3n) is 5.64. The Morgan fingerprint density at radius 3 is 2.45 bits per heavy atom. The van der Waals surface area contributed by atoms with Crippen molar-refractivity contribution in [1.29, 1.82) is 0 Å².